The second-order valence-electron chi connectivity index (χ2n) is 4.32. The van der Waals surface area contributed by atoms with Gasteiger partial charge in [0.2, 0.25) is 0 Å². The highest BCUT2D eigenvalue weighted by Crippen LogP contribution is 2.25. The Bertz CT molecular complexity index is 521. The van der Waals surface area contributed by atoms with Gasteiger partial charge in [0.05, 0.1) is 11.5 Å². The molecule has 2 rings (SSSR count). The van der Waals surface area contributed by atoms with Crippen LogP contribution in [0.15, 0.2) is 23.1 Å². The predicted octanol–water partition coefficient (Wildman–Crippen LogP) is 2.48. The van der Waals surface area contributed by atoms with E-state index in [-0.39, 0.29) is 11.0 Å². The Morgan fingerprint density at radius 1 is 1.44 bits per heavy atom. The van der Waals surface area contributed by atoms with Crippen LogP contribution in [0.2, 0.25) is 0 Å². The van der Waals surface area contributed by atoms with Crippen LogP contribution in [0, 0.1) is 6.92 Å². The molecule has 1 saturated heterocycles. The molecule has 1 unspecified atom stereocenters. The maximum atomic E-state index is 11.3. The predicted molar refractivity (Wildman–Crippen MR) is 68.7 cm³/mol. The summed E-state index contributed by atoms with van der Waals surface area (Å²) in [5.41, 5.74) is 0.583. The highest BCUT2D eigenvalue weighted by Gasteiger charge is 2.17. The lowest BCUT2D eigenvalue weighted by Gasteiger charge is -2.23. The molecule has 6 heteroatoms. The summed E-state index contributed by atoms with van der Waals surface area (Å²) in [6.45, 7) is 3.05. The van der Waals surface area contributed by atoms with Crippen LogP contribution in [0.4, 0.5) is 0 Å². The summed E-state index contributed by atoms with van der Waals surface area (Å²) in [7, 11) is 1.63. The average molecular weight is 291 g/mol. The van der Waals surface area contributed by atoms with Crippen LogP contribution >= 0.6 is 10.7 Å². The van der Waals surface area contributed by atoms with E-state index in [1.807, 2.05) is 0 Å². The first-order valence-corrected chi connectivity index (χ1v) is 8.07. The van der Waals surface area contributed by atoms with Gasteiger partial charge in [0, 0.05) is 17.3 Å². The molecule has 1 aromatic carbocycles. The number of ether oxygens (including phenoxy) is 2. The van der Waals surface area contributed by atoms with Gasteiger partial charge in [0.25, 0.3) is 9.05 Å². The standard InChI is InChI=1S/C12H15ClO4S/c1-9-7-10(4-5-12(9)18(13,14)15)17-11-3-2-6-16-8-11/h4-5,7,11H,2-3,6,8H2,1H3. The summed E-state index contributed by atoms with van der Waals surface area (Å²) in [4.78, 5) is 0.122. The number of rotatable bonds is 3. The van der Waals surface area contributed by atoms with Gasteiger partial charge in [-0.2, -0.15) is 0 Å². The van der Waals surface area contributed by atoms with Gasteiger partial charge in [-0.1, -0.05) is 0 Å². The maximum absolute atomic E-state index is 11.3. The van der Waals surface area contributed by atoms with E-state index in [2.05, 4.69) is 0 Å². The van der Waals surface area contributed by atoms with Gasteiger partial charge in [0.1, 0.15) is 11.9 Å². The van der Waals surface area contributed by atoms with Gasteiger partial charge < -0.3 is 9.47 Å². The van der Waals surface area contributed by atoms with E-state index in [0.29, 0.717) is 17.9 Å². The summed E-state index contributed by atoms with van der Waals surface area (Å²) in [5.74, 6) is 0.645. The number of hydrogen-bond donors (Lipinski definition) is 0. The Balaban J connectivity index is 2.13. The second-order valence-corrected chi connectivity index (χ2v) is 6.86. The minimum absolute atomic E-state index is 0.0385. The Hall–Kier alpha value is -0.780. The number of benzene rings is 1. The molecule has 0 amide bonds. The smallest absolute Gasteiger partial charge is 0.261 e. The van der Waals surface area contributed by atoms with Gasteiger partial charge in [0.15, 0.2) is 0 Å². The van der Waals surface area contributed by atoms with Crippen molar-refractivity contribution >= 4 is 19.7 Å². The summed E-state index contributed by atoms with van der Waals surface area (Å²) in [6, 6.07) is 4.78. The lowest BCUT2D eigenvalue weighted by molar-refractivity contribution is 0.00739. The summed E-state index contributed by atoms with van der Waals surface area (Å²) in [6.07, 6.45) is 1.98. The average Bonchev–Trinajstić information content (AvgIpc) is 2.28. The zero-order chi connectivity index (χ0) is 13.2. The van der Waals surface area contributed by atoms with Gasteiger partial charge in [-0.15, -0.1) is 0 Å². The highest BCUT2D eigenvalue weighted by molar-refractivity contribution is 8.13. The van der Waals surface area contributed by atoms with E-state index in [0.717, 1.165) is 19.4 Å². The van der Waals surface area contributed by atoms with E-state index in [1.54, 1.807) is 19.1 Å². The third-order valence-electron chi connectivity index (χ3n) is 2.83. The monoisotopic (exact) mass is 290 g/mol. The fraction of sp³-hybridized carbons (Fsp3) is 0.500. The SMILES string of the molecule is Cc1cc(OC2CCCOC2)ccc1S(=O)(=O)Cl. The van der Waals surface area contributed by atoms with E-state index >= 15 is 0 Å². The maximum Gasteiger partial charge on any atom is 0.261 e. The van der Waals surface area contributed by atoms with Crippen LogP contribution in [0.5, 0.6) is 5.75 Å². The van der Waals surface area contributed by atoms with Gasteiger partial charge in [-0.3, -0.25) is 0 Å². The van der Waals surface area contributed by atoms with Crippen molar-refractivity contribution in [2.45, 2.75) is 30.8 Å². The topological polar surface area (TPSA) is 52.6 Å². The normalized spacial score (nSPS) is 20.7. The molecule has 18 heavy (non-hydrogen) atoms. The van der Waals surface area contributed by atoms with E-state index in [4.69, 9.17) is 20.2 Å². The van der Waals surface area contributed by atoms with Crippen molar-refractivity contribution in [3.05, 3.63) is 23.8 Å². The molecule has 1 aromatic rings. The van der Waals surface area contributed by atoms with Crippen LogP contribution < -0.4 is 4.74 Å². The largest absolute Gasteiger partial charge is 0.488 e. The summed E-state index contributed by atoms with van der Waals surface area (Å²) < 4.78 is 33.6. The molecule has 0 aromatic heterocycles. The number of aryl methyl sites for hydroxylation is 1. The van der Waals surface area contributed by atoms with Crippen LogP contribution in [0.1, 0.15) is 18.4 Å². The molecule has 0 bridgehead atoms. The van der Waals surface area contributed by atoms with Crippen LogP contribution in [-0.2, 0) is 13.8 Å². The summed E-state index contributed by atoms with van der Waals surface area (Å²) in [5, 5.41) is 0. The van der Waals surface area contributed by atoms with Gasteiger partial charge >= 0.3 is 0 Å². The van der Waals surface area contributed by atoms with Crippen molar-refractivity contribution in [2.24, 2.45) is 0 Å². The molecule has 1 aliphatic rings. The molecule has 0 N–H and O–H groups in total. The number of hydrogen-bond acceptors (Lipinski definition) is 4. The second kappa shape index (κ2) is 5.47. The minimum atomic E-state index is -3.69. The molecule has 1 heterocycles. The van der Waals surface area contributed by atoms with Crippen LogP contribution in [0.25, 0.3) is 0 Å². The van der Waals surface area contributed by atoms with Gasteiger partial charge in [-0.25, -0.2) is 8.42 Å². The zero-order valence-corrected chi connectivity index (χ0v) is 11.6. The zero-order valence-electron chi connectivity index (χ0n) is 10.1. The van der Waals surface area contributed by atoms with Crippen molar-refractivity contribution in [1.29, 1.82) is 0 Å². The molecule has 1 atom stereocenters. The van der Waals surface area contributed by atoms with Crippen molar-refractivity contribution in [1.82, 2.24) is 0 Å². The fourth-order valence-corrected chi connectivity index (χ4v) is 3.16. The molecular weight excluding hydrogens is 276 g/mol. The quantitative estimate of drug-likeness (QED) is 0.803. The Morgan fingerprint density at radius 3 is 2.78 bits per heavy atom. The number of halogens is 1. The molecule has 100 valence electrons. The molecule has 1 fully saturated rings. The Kier molecular flexibility index (Phi) is 4.14. The molecule has 4 nitrogen and oxygen atoms in total. The van der Waals surface area contributed by atoms with E-state index in [9.17, 15) is 8.42 Å². The molecule has 0 saturated carbocycles. The molecule has 0 spiro atoms. The lowest BCUT2D eigenvalue weighted by atomic mass is 10.1. The Morgan fingerprint density at radius 2 is 2.22 bits per heavy atom. The molecular formula is C12H15ClO4S. The first-order chi connectivity index (χ1) is 8.47. The molecule has 1 aliphatic heterocycles. The van der Waals surface area contributed by atoms with Gasteiger partial charge in [-0.05, 0) is 43.5 Å². The van der Waals surface area contributed by atoms with Crippen molar-refractivity contribution in [3.8, 4) is 5.75 Å². The fourth-order valence-electron chi connectivity index (χ4n) is 1.97. The molecule has 0 radical (unpaired) electrons. The third-order valence-corrected chi connectivity index (χ3v) is 4.31. The lowest BCUT2D eigenvalue weighted by Crippen LogP contribution is -2.28. The van der Waals surface area contributed by atoms with E-state index < -0.39 is 9.05 Å². The van der Waals surface area contributed by atoms with E-state index in [1.165, 1.54) is 6.07 Å². The Labute approximate surface area is 111 Å². The first-order valence-electron chi connectivity index (χ1n) is 5.76. The summed E-state index contributed by atoms with van der Waals surface area (Å²) >= 11 is 0. The molecule has 0 aliphatic carbocycles. The van der Waals surface area contributed by atoms with Crippen LogP contribution in [0.3, 0.4) is 0 Å². The van der Waals surface area contributed by atoms with Crippen molar-refractivity contribution in [2.75, 3.05) is 13.2 Å². The first kappa shape index (κ1) is 13.6. The minimum Gasteiger partial charge on any atom is -0.488 e. The third kappa shape index (κ3) is 3.37. The highest BCUT2D eigenvalue weighted by atomic mass is 35.7. The van der Waals surface area contributed by atoms with Crippen molar-refractivity contribution < 1.29 is 17.9 Å². The van der Waals surface area contributed by atoms with Crippen LogP contribution in [-0.4, -0.2) is 27.7 Å². The van der Waals surface area contributed by atoms with Crippen molar-refractivity contribution in [3.63, 3.8) is 0 Å².